The maximum atomic E-state index is 9.65. The second-order valence-corrected chi connectivity index (χ2v) is 1.87. The van der Waals surface area contributed by atoms with Gasteiger partial charge in [0.15, 0.2) is 0 Å². The molecule has 0 aromatic heterocycles. The van der Waals surface area contributed by atoms with Crippen LogP contribution in [0.4, 0.5) is 0 Å². The molecule has 2 heteroatoms. The zero-order valence-corrected chi connectivity index (χ0v) is 5.92. The number of allylic oxidation sites excluding steroid dienone is 3. The normalized spacial score (nSPS) is 8.90. The molecule has 0 unspecified atom stereocenters. The molecule has 0 aliphatic rings. The standard InChI is InChI=1S/C8H9NO/c1-7(2)4-5-8(3)9-6-10/h4-5H,1,3H2,2H3/b5-4-. The van der Waals surface area contributed by atoms with Crippen molar-refractivity contribution in [3.8, 4) is 0 Å². The summed E-state index contributed by atoms with van der Waals surface area (Å²) in [6.45, 7) is 8.92. The Bertz CT molecular complexity index is 219. The van der Waals surface area contributed by atoms with Gasteiger partial charge in [-0.15, -0.1) is 0 Å². The first-order chi connectivity index (χ1) is 4.66. The molecule has 2 nitrogen and oxygen atoms in total. The molecule has 0 fully saturated rings. The smallest absolute Gasteiger partial charge is 0.211 e. The molecule has 0 aromatic carbocycles. The third-order valence-electron chi connectivity index (χ3n) is 0.749. The highest BCUT2D eigenvalue weighted by molar-refractivity contribution is 5.39. The van der Waals surface area contributed by atoms with E-state index >= 15 is 0 Å². The lowest BCUT2D eigenvalue weighted by atomic mass is 10.3. The van der Waals surface area contributed by atoms with E-state index in [0.29, 0.717) is 5.70 Å². The molecule has 52 valence electrons. The summed E-state index contributed by atoms with van der Waals surface area (Å²) >= 11 is 0. The lowest BCUT2D eigenvalue weighted by molar-refractivity contribution is 0.565. The van der Waals surface area contributed by atoms with Gasteiger partial charge < -0.3 is 0 Å². The van der Waals surface area contributed by atoms with Crippen LogP contribution in [0.15, 0.2) is 41.6 Å². The van der Waals surface area contributed by atoms with E-state index in [0.717, 1.165) is 5.57 Å². The van der Waals surface area contributed by atoms with Crippen LogP contribution in [0, 0.1) is 0 Å². The van der Waals surface area contributed by atoms with E-state index in [1.807, 2.05) is 6.92 Å². The zero-order valence-electron chi connectivity index (χ0n) is 5.92. The van der Waals surface area contributed by atoms with Crippen molar-refractivity contribution in [1.29, 1.82) is 0 Å². The fraction of sp³-hybridized carbons (Fsp3) is 0.125. The van der Waals surface area contributed by atoms with E-state index in [1.165, 1.54) is 6.08 Å². The summed E-state index contributed by atoms with van der Waals surface area (Å²) < 4.78 is 0. The molecule has 0 heterocycles. The third kappa shape index (κ3) is 4.75. The largest absolute Gasteiger partial charge is 0.240 e. The van der Waals surface area contributed by atoms with Gasteiger partial charge in [0.25, 0.3) is 0 Å². The summed E-state index contributed by atoms with van der Waals surface area (Å²) in [4.78, 5) is 12.9. The monoisotopic (exact) mass is 135 g/mol. The molecule has 0 aromatic rings. The van der Waals surface area contributed by atoms with Crippen LogP contribution in [-0.2, 0) is 4.79 Å². The Morgan fingerprint density at radius 1 is 1.50 bits per heavy atom. The van der Waals surface area contributed by atoms with Crippen LogP contribution in [0.1, 0.15) is 6.92 Å². The SMILES string of the molecule is C=C(C)/C=C\C(=C)N=C=O. The summed E-state index contributed by atoms with van der Waals surface area (Å²) in [6, 6.07) is 0. The van der Waals surface area contributed by atoms with Crippen LogP contribution >= 0.6 is 0 Å². The van der Waals surface area contributed by atoms with Crippen LogP contribution in [-0.4, -0.2) is 6.08 Å². The minimum Gasteiger partial charge on any atom is -0.211 e. The van der Waals surface area contributed by atoms with Gasteiger partial charge in [0, 0.05) is 0 Å². The van der Waals surface area contributed by atoms with Crippen LogP contribution in [0.25, 0.3) is 0 Å². The molecule has 0 aliphatic heterocycles. The lowest BCUT2D eigenvalue weighted by Gasteiger charge is -1.84. The summed E-state index contributed by atoms with van der Waals surface area (Å²) in [5, 5.41) is 0. The van der Waals surface area contributed by atoms with Crippen molar-refractivity contribution in [1.82, 2.24) is 0 Å². The summed E-state index contributed by atoms with van der Waals surface area (Å²) in [6.07, 6.45) is 4.72. The number of isocyanates is 1. The first-order valence-electron chi connectivity index (χ1n) is 2.77. The van der Waals surface area contributed by atoms with Crippen LogP contribution in [0.5, 0.6) is 0 Å². The topological polar surface area (TPSA) is 29.4 Å². The van der Waals surface area contributed by atoms with Gasteiger partial charge in [0.1, 0.15) is 0 Å². The van der Waals surface area contributed by atoms with Gasteiger partial charge in [-0.3, -0.25) is 0 Å². The minimum absolute atomic E-state index is 0.387. The molecule has 0 N–H and O–H groups in total. The summed E-state index contributed by atoms with van der Waals surface area (Å²) in [7, 11) is 0. The van der Waals surface area contributed by atoms with Crippen molar-refractivity contribution in [3.05, 3.63) is 36.6 Å². The van der Waals surface area contributed by atoms with Crippen molar-refractivity contribution in [2.24, 2.45) is 4.99 Å². The zero-order chi connectivity index (χ0) is 7.98. The van der Waals surface area contributed by atoms with Gasteiger partial charge in [0.2, 0.25) is 6.08 Å². The molecule has 0 amide bonds. The molecule has 10 heavy (non-hydrogen) atoms. The number of hydrogen-bond acceptors (Lipinski definition) is 2. The number of carbonyl (C=O) groups excluding carboxylic acids is 1. The number of aliphatic imine (C=N–C) groups is 1. The summed E-state index contributed by atoms with van der Waals surface area (Å²) in [5.74, 6) is 0. The van der Waals surface area contributed by atoms with E-state index in [9.17, 15) is 4.79 Å². The van der Waals surface area contributed by atoms with Gasteiger partial charge in [-0.2, -0.15) is 4.99 Å². The number of nitrogens with zero attached hydrogens (tertiary/aromatic N) is 1. The van der Waals surface area contributed by atoms with E-state index in [-0.39, 0.29) is 0 Å². The Kier molecular flexibility index (Phi) is 3.85. The molecule has 0 atom stereocenters. The van der Waals surface area contributed by atoms with Crippen molar-refractivity contribution in [2.45, 2.75) is 6.92 Å². The average Bonchev–Trinajstić information content (AvgIpc) is 1.85. The predicted molar refractivity (Wildman–Crippen MR) is 41.2 cm³/mol. The van der Waals surface area contributed by atoms with E-state index in [1.54, 1.807) is 12.2 Å². The van der Waals surface area contributed by atoms with Crippen molar-refractivity contribution < 1.29 is 4.79 Å². The molecule has 0 radical (unpaired) electrons. The fourth-order valence-electron chi connectivity index (χ4n) is 0.334. The highest BCUT2D eigenvalue weighted by Gasteiger charge is 1.79. The van der Waals surface area contributed by atoms with Gasteiger partial charge in [-0.25, -0.2) is 4.79 Å². The average molecular weight is 135 g/mol. The van der Waals surface area contributed by atoms with Crippen molar-refractivity contribution in [2.75, 3.05) is 0 Å². The predicted octanol–water partition coefficient (Wildman–Crippen LogP) is 1.97. The first kappa shape index (κ1) is 8.60. The van der Waals surface area contributed by atoms with Gasteiger partial charge in [-0.1, -0.05) is 24.8 Å². The molecular weight excluding hydrogens is 126 g/mol. The fourth-order valence-corrected chi connectivity index (χ4v) is 0.334. The number of rotatable bonds is 3. The quantitative estimate of drug-likeness (QED) is 0.330. The second-order valence-electron chi connectivity index (χ2n) is 1.87. The molecule has 0 spiro atoms. The molecule has 0 saturated heterocycles. The van der Waals surface area contributed by atoms with Gasteiger partial charge >= 0.3 is 0 Å². The minimum atomic E-state index is 0.387. The Hall–Kier alpha value is -1.40. The maximum Gasteiger partial charge on any atom is 0.240 e. The molecule has 0 saturated carbocycles. The molecule has 0 bridgehead atoms. The second kappa shape index (κ2) is 4.48. The maximum absolute atomic E-state index is 9.65. The van der Waals surface area contributed by atoms with Crippen LogP contribution in [0.3, 0.4) is 0 Å². The molecule has 0 rings (SSSR count). The van der Waals surface area contributed by atoms with Crippen molar-refractivity contribution >= 4 is 6.08 Å². The lowest BCUT2D eigenvalue weighted by Crippen LogP contribution is -1.67. The van der Waals surface area contributed by atoms with Gasteiger partial charge in [-0.05, 0) is 13.0 Å². The van der Waals surface area contributed by atoms with E-state index < -0.39 is 0 Å². The Balaban J connectivity index is 4.02. The van der Waals surface area contributed by atoms with Crippen LogP contribution < -0.4 is 0 Å². The van der Waals surface area contributed by atoms with Crippen molar-refractivity contribution in [3.63, 3.8) is 0 Å². The molecular formula is C8H9NO. The number of hydrogen-bond donors (Lipinski definition) is 0. The highest BCUT2D eigenvalue weighted by atomic mass is 16.1. The van der Waals surface area contributed by atoms with Gasteiger partial charge in [0.05, 0.1) is 5.70 Å². The third-order valence-corrected chi connectivity index (χ3v) is 0.749. The molecule has 0 aliphatic carbocycles. The Morgan fingerprint density at radius 2 is 2.10 bits per heavy atom. The first-order valence-corrected chi connectivity index (χ1v) is 2.77. The van der Waals surface area contributed by atoms with E-state index in [2.05, 4.69) is 18.2 Å². The summed E-state index contributed by atoms with van der Waals surface area (Å²) in [5.41, 5.74) is 1.28. The Morgan fingerprint density at radius 3 is 2.50 bits per heavy atom. The van der Waals surface area contributed by atoms with Crippen LogP contribution in [0.2, 0.25) is 0 Å². The highest BCUT2D eigenvalue weighted by Crippen LogP contribution is 1.96. The van der Waals surface area contributed by atoms with E-state index in [4.69, 9.17) is 0 Å². The Labute approximate surface area is 60.3 Å².